The molecule has 4 aromatic rings. The summed E-state index contributed by atoms with van der Waals surface area (Å²) < 4.78 is 1.95. The Morgan fingerprint density at radius 1 is 1.10 bits per heavy atom. The smallest absolute Gasteiger partial charge is 0.146 e. The number of aryl methyl sites for hydroxylation is 2. The van der Waals surface area contributed by atoms with Crippen LogP contribution >= 0.6 is 22.9 Å². The van der Waals surface area contributed by atoms with Gasteiger partial charge >= 0.3 is 0 Å². The fourth-order valence-electron chi connectivity index (χ4n) is 3.42. The summed E-state index contributed by atoms with van der Waals surface area (Å²) in [7, 11) is 0. The summed E-state index contributed by atoms with van der Waals surface area (Å²) in [5.41, 5.74) is 3.06. The lowest BCUT2D eigenvalue weighted by Gasteiger charge is -2.17. The fraction of sp³-hybridized carbons (Fsp3) is 0.381. The highest BCUT2D eigenvalue weighted by atomic mass is 35.5. The molecule has 8 heteroatoms. The normalized spacial score (nSPS) is 11.8. The van der Waals surface area contributed by atoms with E-state index in [1.54, 1.807) is 11.3 Å². The molecule has 0 atom stereocenters. The van der Waals surface area contributed by atoms with E-state index in [2.05, 4.69) is 42.9 Å². The lowest BCUT2D eigenvalue weighted by Crippen LogP contribution is -2.23. The Morgan fingerprint density at radius 2 is 1.90 bits per heavy atom. The van der Waals surface area contributed by atoms with Crippen molar-refractivity contribution in [3.63, 3.8) is 0 Å². The van der Waals surface area contributed by atoms with Crippen LogP contribution in [0.15, 0.2) is 24.5 Å². The maximum absolute atomic E-state index is 6.08. The molecule has 4 rings (SSSR count). The van der Waals surface area contributed by atoms with Gasteiger partial charge in [0.05, 0.1) is 29.2 Å². The van der Waals surface area contributed by atoms with Crippen LogP contribution < -0.4 is 5.32 Å². The molecule has 1 N–H and O–H groups in total. The highest BCUT2D eigenvalue weighted by Crippen LogP contribution is 2.33. The third-order valence-corrected chi connectivity index (χ3v) is 6.56. The average molecular weight is 429 g/mol. The first-order valence-electron chi connectivity index (χ1n) is 9.84. The molecule has 0 unspecified atom stereocenters. The Kier molecular flexibility index (Phi) is 5.72. The van der Waals surface area contributed by atoms with E-state index < -0.39 is 0 Å². The zero-order chi connectivity index (χ0) is 20.5. The van der Waals surface area contributed by atoms with Crippen LogP contribution in [0.5, 0.6) is 0 Å². The molecule has 152 valence electrons. The predicted molar refractivity (Wildman–Crippen MR) is 121 cm³/mol. The summed E-state index contributed by atoms with van der Waals surface area (Å²) in [4.78, 5) is 19.0. The molecular formula is C21H25ClN6S. The summed E-state index contributed by atoms with van der Waals surface area (Å²) in [6, 6.07) is 3.77. The molecule has 6 nitrogen and oxygen atoms in total. The standard InChI is InChI=1S/C21H25ClN6S/c1-5-27(6-2)12-17-25-20(19-13(3)14(4)29-21(19)26-17)23-9-16-11-28-10-15(22)7-8-18(28)24-16/h7-8,10-11H,5-6,9,12H2,1-4H3,(H,23,25,26). The number of hydrogen-bond donors (Lipinski definition) is 1. The van der Waals surface area contributed by atoms with Gasteiger partial charge in [-0.15, -0.1) is 11.3 Å². The van der Waals surface area contributed by atoms with Crippen LogP contribution in [0.3, 0.4) is 0 Å². The minimum absolute atomic E-state index is 0.588. The van der Waals surface area contributed by atoms with Gasteiger partial charge in [-0.3, -0.25) is 4.90 Å². The van der Waals surface area contributed by atoms with Crippen molar-refractivity contribution in [3.8, 4) is 0 Å². The molecule has 0 aliphatic heterocycles. The molecule has 0 spiro atoms. The van der Waals surface area contributed by atoms with Gasteiger partial charge in [0.15, 0.2) is 0 Å². The monoisotopic (exact) mass is 428 g/mol. The van der Waals surface area contributed by atoms with Gasteiger partial charge in [-0.05, 0) is 44.6 Å². The number of nitrogens with one attached hydrogen (secondary N) is 1. The highest BCUT2D eigenvalue weighted by molar-refractivity contribution is 7.18. The van der Waals surface area contributed by atoms with Crippen LogP contribution in [-0.4, -0.2) is 37.3 Å². The van der Waals surface area contributed by atoms with Crippen LogP contribution in [-0.2, 0) is 13.1 Å². The summed E-state index contributed by atoms with van der Waals surface area (Å²) >= 11 is 7.82. The number of fused-ring (bicyclic) bond motifs is 2. The minimum atomic E-state index is 0.588. The number of thiophene rings is 1. The Hall–Kier alpha value is -2.22. The zero-order valence-electron chi connectivity index (χ0n) is 17.2. The Bertz CT molecular complexity index is 1160. The maximum atomic E-state index is 6.08. The Labute approximate surface area is 179 Å². The van der Waals surface area contributed by atoms with Gasteiger partial charge in [0.1, 0.15) is 22.1 Å². The summed E-state index contributed by atoms with van der Waals surface area (Å²) in [6.07, 6.45) is 3.86. The second-order valence-electron chi connectivity index (χ2n) is 7.11. The minimum Gasteiger partial charge on any atom is -0.364 e. The summed E-state index contributed by atoms with van der Waals surface area (Å²) in [5.74, 6) is 1.74. The quantitative estimate of drug-likeness (QED) is 0.445. The first-order chi connectivity index (χ1) is 14.0. The summed E-state index contributed by atoms with van der Waals surface area (Å²) in [5, 5.41) is 5.32. The first-order valence-corrected chi connectivity index (χ1v) is 11.0. The third-order valence-electron chi connectivity index (χ3n) is 5.24. The number of hydrogen-bond acceptors (Lipinski definition) is 6. The van der Waals surface area contributed by atoms with Crippen LogP contribution in [0, 0.1) is 13.8 Å². The van der Waals surface area contributed by atoms with E-state index in [0.29, 0.717) is 11.6 Å². The van der Waals surface area contributed by atoms with Gasteiger partial charge in [-0.1, -0.05) is 25.4 Å². The van der Waals surface area contributed by atoms with Gasteiger partial charge in [0.25, 0.3) is 0 Å². The van der Waals surface area contributed by atoms with E-state index >= 15 is 0 Å². The zero-order valence-corrected chi connectivity index (χ0v) is 18.7. The van der Waals surface area contributed by atoms with Crippen molar-refractivity contribution in [1.29, 1.82) is 0 Å². The van der Waals surface area contributed by atoms with Crippen molar-refractivity contribution in [2.75, 3.05) is 18.4 Å². The Balaban J connectivity index is 1.66. The topological polar surface area (TPSA) is 58.4 Å². The van der Waals surface area contributed by atoms with E-state index in [9.17, 15) is 0 Å². The predicted octanol–water partition coefficient (Wildman–Crippen LogP) is 5.06. The largest absolute Gasteiger partial charge is 0.364 e. The first kappa shape index (κ1) is 20.1. The number of pyridine rings is 1. The van der Waals surface area contributed by atoms with Gasteiger partial charge < -0.3 is 9.72 Å². The lowest BCUT2D eigenvalue weighted by atomic mass is 10.2. The van der Waals surface area contributed by atoms with Gasteiger partial charge in [-0.25, -0.2) is 15.0 Å². The molecule has 4 aromatic heterocycles. The molecule has 0 radical (unpaired) electrons. The molecule has 0 aliphatic carbocycles. The molecule has 4 heterocycles. The van der Waals surface area contributed by atoms with Gasteiger partial charge in [-0.2, -0.15) is 0 Å². The number of halogens is 1. The second kappa shape index (κ2) is 8.26. The third kappa shape index (κ3) is 4.08. The number of imidazole rings is 1. The molecule has 0 saturated heterocycles. The van der Waals surface area contributed by atoms with Crippen LogP contribution in [0.25, 0.3) is 15.9 Å². The van der Waals surface area contributed by atoms with E-state index in [0.717, 1.165) is 52.8 Å². The highest BCUT2D eigenvalue weighted by Gasteiger charge is 2.16. The van der Waals surface area contributed by atoms with Gasteiger partial charge in [0.2, 0.25) is 0 Å². The number of anilines is 1. The molecule has 0 bridgehead atoms. The number of rotatable bonds is 7. The molecule has 0 saturated carbocycles. The van der Waals surface area contributed by atoms with Crippen LogP contribution in [0.2, 0.25) is 5.02 Å². The molecular weight excluding hydrogens is 404 g/mol. The molecule has 0 aromatic carbocycles. The van der Waals surface area contributed by atoms with Crippen LogP contribution in [0.1, 0.15) is 35.8 Å². The molecule has 0 aliphatic rings. The van der Waals surface area contributed by atoms with Crippen molar-refractivity contribution in [2.24, 2.45) is 0 Å². The van der Waals surface area contributed by atoms with E-state index in [1.165, 1.54) is 10.4 Å². The number of nitrogens with zero attached hydrogens (tertiary/aromatic N) is 5. The molecule has 0 fully saturated rings. The lowest BCUT2D eigenvalue weighted by molar-refractivity contribution is 0.289. The van der Waals surface area contributed by atoms with E-state index in [1.807, 2.05) is 28.9 Å². The van der Waals surface area contributed by atoms with E-state index in [-0.39, 0.29) is 0 Å². The fourth-order valence-corrected chi connectivity index (χ4v) is 4.63. The van der Waals surface area contributed by atoms with Crippen molar-refractivity contribution in [2.45, 2.75) is 40.8 Å². The van der Waals surface area contributed by atoms with Crippen LogP contribution in [0.4, 0.5) is 5.82 Å². The van der Waals surface area contributed by atoms with Crippen molar-refractivity contribution >= 4 is 44.6 Å². The SMILES string of the molecule is CCN(CC)Cc1nc(NCc2cn3cc(Cl)ccc3n2)c2c(C)c(C)sc2n1. The second-order valence-corrected chi connectivity index (χ2v) is 8.75. The Morgan fingerprint density at radius 3 is 2.66 bits per heavy atom. The maximum Gasteiger partial charge on any atom is 0.146 e. The van der Waals surface area contributed by atoms with Crippen molar-refractivity contribution < 1.29 is 0 Å². The molecule has 0 amide bonds. The summed E-state index contributed by atoms with van der Waals surface area (Å²) in [6.45, 7) is 11.9. The average Bonchev–Trinajstić information content (AvgIpc) is 3.24. The van der Waals surface area contributed by atoms with Crippen molar-refractivity contribution in [3.05, 3.63) is 51.5 Å². The number of aromatic nitrogens is 4. The van der Waals surface area contributed by atoms with E-state index in [4.69, 9.17) is 21.6 Å². The molecule has 29 heavy (non-hydrogen) atoms. The van der Waals surface area contributed by atoms with Gasteiger partial charge in [0, 0.05) is 17.3 Å². The van der Waals surface area contributed by atoms with Crippen molar-refractivity contribution in [1.82, 2.24) is 24.3 Å².